The van der Waals surface area contributed by atoms with Gasteiger partial charge in [0, 0.05) is 10.7 Å². The maximum absolute atomic E-state index is 10.7. The van der Waals surface area contributed by atoms with Crippen LogP contribution in [0.2, 0.25) is 0 Å². The van der Waals surface area contributed by atoms with E-state index >= 15 is 0 Å². The van der Waals surface area contributed by atoms with E-state index in [1.54, 1.807) is 0 Å². The third-order valence-electron chi connectivity index (χ3n) is 1.59. The van der Waals surface area contributed by atoms with Crippen LogP contribution in [-0.2, 0) is 13.8 Å². The van der Waals surface area contributed by atoms with Crippen LogP contribution in [0.15, 0.2) is 0 Å². The second-order valence-corrected chi connectivity index (χ2v) is 5.81. The average molecular weight is 215 g/mol. The molecule has 2 unspecified atom stereocenters. The molecule has 0 rings (SSSR count). The van der Waals surface area contributed by atoms with Gasteiger partial charge in [0.15, 0.2) is 0 Å². The molecule has 2 atom stereocenters. The van der Waals surface area contributed by atoms with Gasteiger partial charge in [0.2, 0.25) is 9.05 Å². The zero-order chi connectivity index (χ0) is 9.94. The first-order valence-corrected chi connectivity index (χ1v) is 5.78. The number of halogens is 1. The van der Waals surface area contributed by atoms with Gasteiger partial charge in [0.05, 0.1) is 11.2 Å². The van der Waals surface area contributed by atoms with Crippen molar-refractivity contribution < 1.29 is 18.3 Å². The van der Waals surface area contributed by atoms with Crippen molar-refractivity contribution in [3.05, 3.63) is 0 Å². The molecule has 0 saturated carbocycles. The van der Waals surface area contributed by atoms with Gasteiger partial charge in [-0.2, -0.15) is 0 Å². The summed E-state index contributed by atoms with van der Waals surface area (Å²) >= 11 is 0. The van der Waals surface area contributed by atoms with E-state index in [1.807, 2.05) is 0 Å². The van der Waals surface area contributed by atoms with Crippen molar-refractivity contribution in [2.24, 2.45) is 5.92 Å². The molecule has 0 aromatic heterocycles. The maximum Gasteiger partial charge on any atom is 0.306 e. The van der Waals surface area contributed by atoms with Crippen LogP contribution in [-0.4, -0.2) is 24.7 Å². The van der Waals surface area contributed by atoms with Gasteiger partial charge in [-0.05, 0) is 13.3 Å². The fourth-order valence-corrected chi connectivity index (χ4v) is 1.45. The van der Waals surface area contributed by atoms with Gasteiger partial charge in [0.25, 0.3) is 0 Å². The van der Waals surface area contributed by atoms with Crippen LogP contribution in [0.5, 0.6) is 0 Å². The molecule has 0 saturated heterocycles. The first-order chi connectivity index (χ1) is 5.25. The van der Waals surface area contributed by atoms with Crippen molar-refractivity contribution in [2.45, 2.75) is 25.5 Å². The largest absolute Gasteiger partial charge is 0.481 e. The molecule has 0 bridgehead atoms. The molecule has 6 heteroatoms. The fourth-order valence-electron chi connectivity index (χ4n) is 0.714. The lowest BCUT2D eigenvalue weighted by atomic mass is 10.1. The van der Waals surface area contributed by atoms with E-state index < -0.39 is 26.2 Å². The predicted octanol–water partition coefficient (Wildman–Crippen LogP) is 1.05. The minimum Gasteiger partial charge on any atom is -0.481 e. The molecule has 0 aliphatic heterocycles. The molecule has 0 aliphatic rings. The summed E-state index contributed by atoms with van der Waals surface area (Å²) in [7, 11) is 1.39. The minimum atomic E-state index is -3.62. The molecule has 0 radical (unpaired) electrons. The Morgan fingerprint density at radius 1 is 1.50 bits per heavy atom. The van der Waals surface area contributed by atoms with E-state index in [0.29, 0.717) is 0 Å². The number of hydrogen-bond donors (Lipinski definition) is 1. The lowest BCUT2D eigenvalue weighted by Crippen LogP contribution is -2.20. The van der Waals surface area contributed by atoms with E-state index in [1.165, 1.54) is 13.8 Å². The standard InChI is InChI=1S/C6H11ClO4S/c1-4(6(8)9)3-5(2)12(7,10)11/h4-5H,3H2,1-2H3,(H,8,9). The highest BCUT2D eigenvalue weighted by atomic mass is 35.7. The van der Waals surface area contributed by atoms with Crippen LogP contribution in [0.4, 0.5) is 0 Å². The van der Waals surface area contributed by atoms with Crippen molar-refractivity contribution in [3.63, 3.8) is 0 Å². The first kappa shape index (κ1) is 11.7. The third kappa shape index (κ3) is 3.92. The number of hydrogen-bond acceptors (Lipinski definition) is 3. The molecular formula is C6H11ClO4S. The fraction of sp³-hybridized carbons (Fsp3) is 0.833. The normalized spacial score (nSPS) is 16.9. The van der Waals surface area contributed by atoms with Gasteiger partial charge >= 0.3 is 5.97 Å². The molecule has 1 N–H and O–H groups in total. The van der Waals surface area contributed by atoms with Gasteiger partial charge < -0.3 is 5.11 Å². The van der Waals surface area contributed by atoms with E-state index in [0.717, 1.165) is 0 Å². The summed E-state index contributed by atoms with van der Waals surface area (Å²) in [6.07, 6.45) is 0.0428. The van der Waals surface area contributed by atoms with Crippen molar-refractivity contribution >= 4 is 25.7 Å². The molecular weight excluding hydrogens is 204 g/mol. The Balaban J connectivity index is 4.20. The molecule has 0 spiro atoms. The molecule has 4 nitrogen and oxygen atoms in total. The molecule has 0 heterocycles. The van der Waals surface area contributed by atoms with Gasteiger partial charge in [0.1, 0.15) is 0 Å². The van der Waals surface area contributed by atoms with Crippen LogP contribution >= 0.6 is 10.7 Å². The molecule has 0 amide bonds. The van der Waals surface area contributed by atoms with Gasteiger partial charge in [-0.1, -0.05) is 6.92 Å². The van der Waals surface area contributed by atoms with Crippen molar-refractivity contribution in [1.82, 2.24) is 0 Å². The topological polar surface area (TPSA) is 71.4 Å². The molecule has 0 fully saturated rings. The molecule has 0 aromatic rings. The van der Waals surface area contributed by atoms with Crippen molar-refractivity contribution in [2.75, 3.05) is 0 Å². The van der Waals surface area contributed by atoms with Gasteiger partial charge in [-0.15, -0.1) is 0 Å². The molecule has 12 heavy (non-hydrogen) atoms. The van der Waals surface area contributed by atoms with Gasteiger partial charge in [-0.25, -0.2) is 8.42 Å². The van der Waals surface area contributed by atoms with E-state index in [9.17, 15) is 13.2 Å². The number of carboxylic acid groups (broad SMARTS) is 1. The highest BCUT2D eigenvalue weighted by molar-refractivity contribution is 8.14. The van der Waals surface area contributed by atoms with Crippen LogP contribution in [0.1, 0.15) is 20.3 Å². The third-order valence-corrected chi connectivity index (χ3v) is 3.65. The maximum atomic E-state index is 10.7. The number of rotatable bonds is 4. The predicted molar refractivity (Wildman–Crippen MR) is 45.7 cm³/mol. The Kier molecular flexibility index (Phi) is 3.99. The van der Waals surface area contributed by atoms with E-state index in [2.05, 4.69) is 0 Å². The van der Waals surface area contributed by atoms with E-state index in [4.69, 9.17) is 15.8 Å². The Morgan fingerprint density at radius 3 is 2.17 bits per heavy atom. The lowest BCUT2D eigenvalue weighted by molar-refractivity contribution is -0.141. The zero-order valence-electron chi connectivity index (χ0n) is 6.82. The molecule has 0 aliphatic carbocycles. The second kappa shape index (κ2) is 4.09. The summed E-state index contributed by atoms with van der Waals surface area (Å²) in [6, 6.07) is 0. The number of aliphatic carboxylic acids is 1. The van der Waals surface area contributed by atoms with Crippen LogP contribution < -0.4 is 0 Å². The minimum absolute atomic E-state index is 0.0428. The quantitative estimate of drug-likeness (QED) is 0.711. The highest BCUT2D eigenvalue weighted by Gasteiger charge is 2.23. The summed E-state index contributed by atoms with van der Waals surface area (Å²) < 4.78 is 21.3. The summed E-state index contributed by atoms with van der Waals surface area (Å²) in [6.45, 7) is 2.84. The second-order valence-electron chi connectivity index (χ2n) is 2.76. The summed E-state index contributed by atoms with van der Waals surface area (Å²) in [5.41, 5.74) is 0. The Hall–Kier alpha value is -0.290. The first-order valence-electron chi connectivity index (χ1n) is 3.41. The van der Waals surface area contributed by atoms with Crippen molar-refractivity contribution in [3.8, 4) is 0 Å². The Bertz CT molecular complexity index is 259. The molecule has 72 valence electrons. The van der Waals surface area contributed by atoms with Crippen LogP contribution in [0.25, 0.3) is 0 Å². The average Bonchev–Trinajstić information content (AvgIpc) is 1.85. The lowest BCUT2D eigenvalue weighted by Gasteiger charge is -2.10. The Labute approximate surface area is 76.0 Å². The monoisotopic (exact) mass is 214 g/mol. The SMILES string of the molecule is CC(CC(C)S(=O)(=O)Cl)C(=O)O. The number of carboxylic acids is 1. The molecule has 0 aromatic carbocycles. The number of carbonyl (C=O) groups is 1. The van der Waals surface area contributed by atoms with Gasteiger partial charge in [-0.3, -0.25) is 4.79 Å². The summed E-state index contributed by atoms with van der Waals surface area (Å²) in [4.78, 5) is 10.3. The van der Waals surface area contributed by atoms with Crippen LogP contribution in [0, 0.1) is 5.92 Å². The van der Waals surface area contributed by atoms with Crippen LogP contribution in [0.3, 0.4) is 0 Å². The Morgan fingerprint density at radius 2 is 1.92 bits per heavy atom. The summed E-state index contributed by atoms with van der Waals surface area (Å²) in [5.74, 6) is -1.70. The van der Waals surface area contributed by atoms with Crippen molar-refractivity contribution in [1.29, 1.82) is 0 Å². The smallest absolute Gasteiger partial charge is 0.306 e. The summed E-state index contributed by atoms with van der Waals surface area (Å²) in [5, 5.41) is 7.64. The zero-order valence-corrected chi connectivity index (χ0v) is 8.39. The van der Waals surface area contributed by atoms with E-state index in [-0.39, 0.29) is 6.42 Å². The highest BCUT2D eigenvalue weighted by Crippen LogP contribution is 2.16.